The summed E-state index contributed by atoms with van der Waals surface area (Å²) in [5.41, 5.74) is 0.206. The molecule has 1 rings (SSSR count). The molecule has 0 bridgehead atoms. The Morgan fingerprint density at radius 1 is 1.00 bits per heavy atom. The maximum atomic E-state index is 10.9. The molecule has 1 aliphatic rings. The zero-order chi connectivity index (χ0) is 7.56. The van der Waals surface area contributed by atoms with E-state index in [1.807, 2.05) is 0 Å². The number of carbonyl (C=O) groups excluding carboxylic acids is 2. The molecule has 2 nitrogen and oxygen atoms in total. The lowest BCUT2D eigenvalue weighted by molar-refractivity contribution is -0.120. The standard InChI is InChI=1S/C8H10O2/c1-6-7(9)4-2-3-5-8(6)10/h1-5H2. The fourth-order valence-corrected chi connectivity index (χ4v) is 1.03. The Morgan fingerprint density at radius 3 is 1.80 bits per heavy atom. The maximum Gasteiger partial charge on any atom is 0.165 e. The molecule has 0 aromatic carbocycles. The predicted molar refractivity (Wildman–Crippen MR) is 37.6 cm³/mol. The third kappa shape index (κ3) is 1.32. The number of ketones is 2. The van der Waals surface area contributed by atoms with Crippen LogP contribution in [0, 0.1) is 0 Å². The lowest BCUT2D eigenvalue weighted by atomic mass is 10.1. The summed E-state index contributed by atoms with van der Waals surface area (Å²) in [6.45, 7) is 3.44. The van der Waals surface area contributed by atoms with E-state index in [0.717, 1.165) is 12.8 Å². The van der Waals surface area contributed by atoms with E-state index in [-0.39, 0.29) is 17.1 Å². The van der Waals surface area contributed by atoms with Crippen LogP contribution in [0.15, 0.2) is 12.2 Å². The highest BCUT2D eigenvalue weighted by Gasteiger charge is 2.18. The molecule has 1 fully saturated rings. The first-order valence-corrected chi connectivity index (χ1v) is 3.47. The zero-order valence-corrected chi connectivity index (χ0v) is 5.85. The highest BCUT2D eigenvalue weighted by molar-refractivity contribution is 6.19. The van der Waals surface area contributed by atoms with Crippen LogP contribution in [0.25, 0.3) is 0 Å². The van der Waals surface area contributed by atoms with Gasteiger partial charge in [-0.15, -0.1) is 0 Å². The van der Waals surface area contributed by atoms with E-state index >= 15 is 0 Å². The van der Waals surface area contributed by atoms with Crippen molar-refractivity contribution in [2.75, 3.05) is 0 Å². The van der Waals surface area contributed by atoms with Gasteiger partial charge >= 0.3 is 0 Å². The van der Waals surface area contributed by atoms with Gasteiger partial charge in [-0.3, -0.25) is 9.59 Å². The Kier molecular flexibility index (Phi) is 2.00. The molecule has 10 heavy (non-hydrogen) atoms. The molecule has 54 valence electrons. The van der Waals surface area contributed by atoms with Crippen LogP contribution < -0.4 is 0 Å². The van der Waals surface area contributed by atoms with Crippen molar-refractivity contribution in [2.24, 2.45) is 0 Å². The van der Waals surface area contributed by atoms with Crippen LogP contribution in [0.4, 0.5) is 0 Å². The van der Waals surface area contributed by atoms with Gasteiger partial charge in [-0.25, -0.2) is 0 Å². The molecule has 0 unspecified atom stereocenters. The third-order valence-electron chi connectivity index (χ3n) is 1.73. The quantitative estimate of drug-likeness (QED) is 0.287. The second-order valence-electron chi connectivity index (χ2n) is 2.53. The van der Waals surface area contributed by atoms with Gasteiger partial charge < -0.3 is 0 Å². The van der Waals surface area contributed by atoms with Crippen molar-refractivity contribution in [3.63, 3.8) is 0 Å². The highest BCUT2D eigenvalue weighted by atomic mass is 16.1. The van der Waals surface area contributed by atoms with E-state index in [9.17, 15) is 9.59 Å². The van der Waals surface area contributed by atoms with Crippen LogP contribution in [0.5, 0.6) is 0 Å². The van der Waals surface area contributed by atoms with Crippen molar-refractivity contribution in [3.8, 4) is 0 Å². The van der Waals surface area contributed by atoms with Gasteiger partial charge in [0, 0.05) is 12.8 Å². The normalized spacial score (nSPS) is 21.0. The van der Waals surface area contributed by atoms with Gasteiger partial charge in [-0.1, -0.05) is 6.58 Å². The Balaban J connectivity index is 2.74. The summed E-state index contributed by atoms with van der Waals surface area (Å²) >= 11 is 0. The molecular weight excluding hydrogens is 128 g/mol. The molecule has 0 saturated heterocycles. The van der Waals surface area contributed by atoms with Gasteiger partial charge in [0.1, 0.15) is 0 Å². The summed E-state index contributed by atoms with van der Waals surface area (Å²) in [6, 6.07) is 0. The van der Waals surface area contributed by atoms with Crippen LogP contribution in [0.3, 0.4) is 0 Å². The number of hydrogen-bond acceptors (Lipinski definition) is 2. The van der Waals surface area contributed by atoms with Crippen LogP contribution in [0.2, 0.25) is 0 Å². The van der Waals surface area contributed by atoms with Crippen molar-refractivity contribution >= 4 is 11.6 Å². The highest BCUT2D eigenvalue weighted by Crippen LogP contribution is 2.14. The average molecular weight is 138 g/mol. The second-order valence-corrected chi connectivity index (χ2v) is 2.53. The molecule has 1 saturated carbocycles. The Hall–Kier alpha value is -0.920. The number of Topliss-reactive ketones (excluding diaryl/α,β-unsaturated/α-hetero) is 2. The summed E-state index contributed by atoms with van der Waals surface area (Å²) in [6.07, 6.45) is 2.68. The Bertz CT molecular complexity index is 171. The fraction of sp³-hybridized carbons (Fsp3) is 0.500. The number of rotatable bonds is 0. The smallest absolute Gasteiger partial charge is 0.165 e. The van der Waals surface area contributed by atoms with E-state index < -0.39 is 0 Å². The molecule has 0 atom stereocenters. The topological polar surface area (TPSA) is 34.1 Å². The van der Waals surface area contributed by atoms with E-state index in [2.05, 4.69) is 6.58 Å². The minimum absolute atomic E-state index is 0.0671. The predicted octanol–water partition coefficient (Wildman–Crippen LogP) is 1.25. The SMILES string of the molecule is C=C1C(=O)CCCCC1=O. The molecule has 0 heterocycles. The minimum atomic E-state index is -0.0671. The van der Waals surface area contributed by atoms with Gasteiger partial charge in [0.25, 0.3) is 0 Å². The van der Waals surface area contributed by atoms with Crippen LogP contribution in [0.1, 0.15) is 25.7 Å². The van der Waals surface area contributed by atoms with Gasteiger partial charge in [-0.2, -0.15) is 0 Å². The first-order chi connectivity index (χ1) is 4.72. The monoisotopic (exact) mass is 138 g/mol. The molecule has 0 N–H and O–H groups in total. The number of hydrogen-bond donors (Lipinski definition) is 0. The molecule has 0 aromatic heterocycles. The van der Waals surface area contributed by atoms with Crippen LogP contribution in [-0.2, 0) is 9.59 Å². The summed E-state index contributed by atoms with van der Waals surface area (Å²) in [5.74, 6) is -0.134. The first-order valence-electron chi connectivity index (χ1n) is 3.47. The van der Waals surface area contributed by atoms with E-state index in [4.69, 9.17) is 0 Å². The number of carbonyl (C=O) groups is 2. The van der Waals surface area contributed by atoms with Crippen molar-refractivity contribution < 1.29 is 9.59 Å². The van der Waals surface area contributed by atoms with Crippen LogP contribution >= 0.6 is 0 Å². The summed E-state index contributed by atoms with van der Waals surface area (Å²) in [4.78, 5) is 21.8. The van der Waals surface area contributed by atoms with E-state index in [1.165, 1.54) is 0 Å². The van der Waals surface area contributed by atoms with Crippen molar-refractivity contribution in [2.45, 2.75) is 25.7 Å². The van der Waals surface area contributed by atoms with Gasteiger partial charge in [0.05, 0.1) is 5.57 Å². The van der Waals surface area contributed by atoms with Crippen molar-refractivity contribution in [3.05, 3.63) is 12.2 Å². The molecule has 2 heteroatoms. The van der Waals surface area contributed by atoms with Crippen LogP contribution in [-0.4, -0.2) is 11.6 Å². The fourth-order valence-electron chi connectivity index (χ4n) is 1.03. The summed E-state index contributed by atoms with van der Waals surface area (Å²) in [7, 11) is 0. The van der Waals surface area contributed by atoms with E-state index in [0.29, 0.717) is 12.8 Å². The second kappa shape index (κ2) is 2.78. The average Bonchev–Trinajstić information content (AvgIpc) is 2.04. The summed E-state index contributed by atoms with van der Waals surface area (Å²) in [5, 5.41) is 0. The Labute approximate surface area is 59.9 Å². The minimum Gasteiger partial charge on any atom is -0.294 e. The molecule has 1 aliphatic carbocycles. The molecule has 0 aromatic rings. The maximum absolute atomic E-state index is 10.9. The van der Waals surface area contributed by atoms with Gasteiger partial charge in [0.15, 0.2) is 11.6 Å². The lowest BCUT2D eigenvalue weighted by Crippen LogP contribution is -2.07. The lowest BCUT2D eigenvalue weighted by Gasteiger charge is -1.93. The molecule has 0 radical (unpaired) electrons. The molecule has 0 amide bonds. The molecular formula is C8H10O2. The molecule has 0 spiro atoms. The van der Waals surface area contributed by atoms with Crippen molar-refractivity contribution in [1.82, 2.24) is 0 Å². The summed E-state index contributed by atoms with van der Waals surface area (Å²) < 4.78 is 0. The first kappa shape index (κ1) is 7.19. The Morgan fingerprint density at radius 2 is 1.40 bits per heavy atom. The van der Waals surface area contributed by atoms with Gasteiger partial charge in [0.2, 0.25) is 0 Å². The van der Waals surface area contributed by atoms with E-state index in [1.54, 1.807) is 0 Å². The third-order valence-corrected chi connectivity index (χ3v) is 1.73. The zero-order valence-electron chi connectivity index (χ0n) is 5.85. The van der Waals surface area contributed by atoms with Crippen molar-refractivity contribution in [1.29, 1.82) is 0 Å². The number of allylic oxidation sites excluding steroid dienone is 1. The largest absolute Gasteiger partial charge is 0.294 e. The van der Waals surface area contributed by atoms with Gasteiger partial charge in [-0.05, 0) is 12.8 Å². The molecule has 0 aliphatic heterocycles.